The fourth-order valence-corrected chi connectivity index (χ4v) is 4.80. The average molecular weight is 402 g/mol. The number of carbonyl (C=O) groups excluding carboxylic acids is 1. The summed E-state index contributed by atoms with van der Waals surface area (Å²) in [6, 6.07) is 0. The molecule has 0 aromatic carbocycles. The van der Waals surface area contributed by atoms with Crippen LogP contribution in [0.25, 0.3) is 0 Å². The van der Waals surface area contributed by atoms with Crippen LogP contribution in [0.15, 0.2) is 0 Å². The van der Waals surface area contributed by atoms with Crippen molar-refractivity contribution in [2.24, 2.45) is 5.92 Å². The van der Waals surface area contributed by atoms with Crippen molar-refractivity contribution in [2.45, 2.75) is 44.3 Å². The Labute approximate surface area is 157 Å². The Morgan fingerprint density at radius 2 is 1.88 bits per heavy atom. The van der Waals surface area contributed by atoms with Crippen LogP contribution in [0.3, 0.4) is 0 Å². The lowest BCUT2D eigenvalue weighted by Gasteiger charge is -2.25. The number of hydrogen-bond acceptors (Lipinski definition) is 8. The molecular formula is C15H31NO5S3. The van der Waals surface area contributed by atoms with Gasteiger partial charge in [0.15, 0.2) is 0 Å². The first-order chi connectivity index (χ1) is 11.4. The smallest absolute Gasteiger partial charge is 0.220 e. The van der Waals surface area contributed by atoms with E-state index in [0.29, 0.717) is 18.7 Å². The molecule has 0 aromatic rings. The molecule has 0 bridgehead atoms. The molecule has 0 spiro atoms. The second-order valence-corrected chi connectivity index (χ2v) is 9.29. The molecule has 0 aliphatic heterocycles. The van der Waals surface area contributed by atoms with Gasteiger partial charge in [-0.15, -0.1) is 0 Å². The number of nitrogens with one attached hydrogen (secondary N) is 1. The van der Waals surface area contributed by atoms with Gasteiger partial charge in [0.1, 0.15) is 5.44 Å². The number of carbonyl (C=O) groups is 1. The summed E-state index contributed by atoms with van der Waals surface area (Å²) in [5, 5.41) is 31.8. The van der Waals surface area contributed by atoms with E-state index in [-0.39, 0.29) is 5.91 Å². The zero-order chi connectivity index (χ0) is 18.4. The van der Waals surface area contributed by atoms with Gasteiger partial charge >= 0.3 is 0 Å². The number of amides is 1. The van der Waals surface area contributed by atoms with Crippen LogP contribution in [0.2, 0.25) is 0 Å². The van der Waals surface area contributed by atoms with Crippen LogP contribution in [0.4, 0.5) is 0 Å². The third kappa shape index (κ3) is 12.7. The zero-order valence-electron chi connectivity index (χ0n) is 14.6. The van der Waals surface area contributed by atoms with Crippen molar-refractivity contribution in [1.82, 2.24) is 5.32 Å². The topological polar surface area (TPSA) is 99.0 Å². The van der Waals surface area contributed by atoms with E-state index in [2.05, 4.69) is 5.32 Å². The van der Waals surface area contributed by atoms with Crippen LogP contribution in [-0.2, 0) is 9.53 Å². The minimum absolute atomic E-state index is 0.00662. The standard InChI is InChI=1S/C15H31NO5S3/c1-11(14(19)12(2)17)15(20)24-23-9-5-13(18)16-6-10-22-8-4-7-21-3/h11-12,14-15,17,19-20H,4-10H2,1-3H3,(H,16,18). The molecule has 0 aliphatic carbocycles. The number of aliphatic hydroxyl groups is 3. The van der Waals surface area contributed by atoms with Gasteiger partial charge in [-0.3, -0.25) is 4.79 Å². The molecule has 4 atom stereocenters. The molecule has 0 aromatic heterocycles. The normalized spacial score (nSPS) is 16.4. The predicted octanol–water partition coefficient (Wildman–Crippen LogP) is 1.34. The monoisotopic (exact) mass is 401 g/mol. The largest absolute Gasteiger partial charge is 0.391 e. The molecule has 6 nitrogen and oxygen atoms in total. The van der Waals surface area contributed by atoms with Gasteiger partial charge in [0, 0.05) is 44.1 Å². The lowest BCUT2D eigenvalue weighted by Crippen LogP contribution is -2.35. The van der Waals surface area contributed by atoms with E-state index in [1.807, 2.05) is 0 Å². The maximum absolute atomic E-state index is 11.7. The summed E-state index contributed by atoms with van der Waals surface area (Å²) in [5.74, 6) is 2.08. The molecule has 1 amide bonds. The van der Waals surface area contributed by atoms with Crippen LogP contribution < -0.4 is 5.32 Å². The second-order valence-electron chi connectivity index (χ2n) is 5.46. The van der Waals surface area contributed by atoms with E-state index in [0.717, 1.165) is 24.5 Å². The summed E-state index contributed by atoms with van der Waals surface area (Å²) in [4.78, 5) is 11.7. The van der Waals surface area contributed by atoms with Gasteiger partial charge in [-0.25, -0.2) is 0 Å². The first-order valence-corrected chi connectivity index (χ1v) is 11.6. The first kappa shape index (κ1) is 24.4. The Bertz CT molecular complexity index is 323. The highest BCUT2D eigenvalue weighted by molar-refractivity contribution is 8.76. The molecule has 0 saturated heterocycles. The molecule has 9 heteroatoms. The van der Waals surface area contributed by atoms with Crippen LogP contribution in [-0.4, -0.2) is 76.4 Å². The summed E-state index contributed by atoms with van der Waals surface area (Å²) >= 11 is 1.79. The highest BCUT2D eigenvalue weighted by Crippen LogP contribution is 2.31. The maximum Gasteiger partial charge on any atom is 0.220 e. The first-order valence-electron chi connectivity index (χ1n) is 8.06. The van der Waals surface area contributed by atoms with Crippen LogP contribution in [0.1, 0.15) is 26.7 Å². The Kier molecular flexibility index (Phi) is 15.8. The second kappa shape index (κ2) is 15.6. The van der Waals surface area contributed by atoms with Crippen molar-refractivity contribution in [3.8, 4) is 0 Å². The Balaban J connectivity index is 3.58. The molecule has 0 radical (unpaired) electrons. The molecule has 24 heavy (non-hydrogen) atoms. The zero-order valence-corrected chi connectivity index (χ0v) is 17.1. The molecule has 0 aliphatic rings. The lowest BCUT2D eigenvalue weighted by atomic mass is 10.0. The van der Waals surface area contributed by atoms with Crippen molar-refractivity contribution in [2.75, 3.05) is 37.5 Å². The van der Waals surface area contributed by atoms with Gasteiger partial charge in [-0.2, -0.15) is 11.8 Å². The fourth-order valence-electron chi connectivity index (χ4n) is 1.71. The van der Waals surface area contributed by atoms with Crippen molar-refractivity contribution in [3.63, 3.8) is 0 Å². The number of hydrogen-bond donors (Lipinski definition) is 4. The molecule has 0 heterocycles. The molecule has 0 saturated carbocycles. The number of aliphatic hydroxyl groups excluding tert-OH is 3. The lowest BCUT2D eigenvalue weighted by molar-refractivity contribution is -0.120. The third-order valence-corrected chi connectivity index (χ3v) is 6.97. The molecule has 144 valence electrons. The minimum Gasteiger partial charge on any atom is -0.391 e. The summed E-state index contributed by atoms with van der Waals surface area (Å²) in [6.45, 7) is 4.61. The Morgan fingerprint density at radius 1 is 1.17 bits per heavy atom. The van der Waals surface area contributed by atoms with Gasteiger partial charge < -0.3 is 25.4 Å². The number of rotatable bonds is 15. The molecule has 0 fully saturated rings. The van der Waals surface area contributed by atoms with Crippen molar-refractivity contribution in [1.29, 1.82) is 0 Å². The summed E-state index contributed by atoms with van der Waals surface area (Å²) in [7, 11) is 4.30. The van der Waals surface area contributed by atoms with E-state index in [9.17, 15) is 20.1 Å². The third-order valence-electron chi connectivity index (χ3n) is 3.27. The highest BCUT2D eigenvalue weighted by atomic mass is 33.1. The molecule has 4 unspecified atom stereocenters. The maximum atomic E-state index is 11.7. The van der Waals surface area contributed by atoms with E-state index >= 15 is 0 Å². The number of thioether (sulfide) groups is 1. The summed E-state index contributed by atoms with van der Waals surface area (Å²) in [6.07, 6.45) is -0.421. The van der Waals surface area contributed by atoms with Gasteiger partial charge in [-0.1, -0.05) is 28.5 Å². The Hall–Kier alpha value is 0.360. The van der Waals surface area contributed by atoms with Gasteiger partial charge in [0.05, 0.1) is 12.2 Å². The van der Waals surface area contributed by atoms with Crippen molar-refractivity contribution < 1.29 is 24.9 Å². The average Bonchev–Trinajstić information content (AvgIpc) is 2.56. The Morgan fingerprint density at radius 3 is 2.50 bits per heavy atom. The molecular weight excluding hydrogens is 370 g/mol. The van der Waals surface area contributed by atoms with Crippen LogP contribution >= 0.6 is 33.3 Å². The van der Waals surface area contributed by atoms with Gasteiger partial charge in [0.2, 0.25) is 5.91 Å². The van der Waals surface area contributed by atoms with E-state index < -0.39 is 23.6 Å². The van der Waals surface area contributed by atoms with Crippen molar-refractivity contribution in [3.05, 3.63) is 0 Å². The predicted molar refractivity (Wildman–Crippen MR) is 104 cm³/mol. The van der Waals surface area contributed by atoms with Crippen molar-refractivity contribution >= 4 is 39.3 Å². The number of ether oxygens (including phenoxy) is 1. The van der Waals surface area contributed by atoms with E-state index in [1.165, 1.54) is 28.5 Å². The summed E-state index contributed by atoms with van der Waals surface area (Å²) < 4.78 is 4.97. The SMILES string of the molecule is COCCCSCCNC(=O)CCSSC(O)C(C)C(O)C(C)O. The minimum atomic E-state index is -0.960. The quantitative estimate of drug-likeness (QED) is 0.185. The van der Waals surface area contributed by atoms with Gasteiger partial charge in [-0.05, 0) is 19.1 Å². The summed E-state index contributed by atoms with van der Waals surface area (Å²) in [5.41, 5.74) is -0.786. The van der Waals surface area contributed by atoms with Gasteiger partial charge in [0.25, 0.3) is 0 Å². The molecule has 4 N–H and O–H groups in total. The van der Waals surface area contributed by atoms with Crippen LogP contribution in [0.5, 0.6) is 0 Å². The highest BCUT2D eigenvalue weighted by Gasteiger charge is 2.26. The van der Waals surface area contributed by atoms with E-state index in [1.54, 1.807) is 25.8 Å². The van der Waals surface area contributed by atoms with Crippen LogP contribution in [0, 0.1) is 5.92 Å². The van der Waals surface area contributed by atoms with E-state index in [4.69, 9.17) is 4.74 Å². The molecule has 0 rings (SSSR count). The fraction of sp³-hybridized carbons (Fsp3) is 0.933. The number of methoxy groups -OCH3 is 1.